The minimum atomic E-state index is -0.0268. The smallest absolute Gasteiger partial charge is 0.0543 e. The van der Waals surface area contributed by atoms with E-state index in [0.717, 1.165) is 48.3 Å². The third-order valence-electron chi connectivity index (χ3n) is 10.9. The van der Waals surface area contributed by atoms with Crippen LogP contribution in [0.2, 0.25) is 0 Å². The topological polar surface area (TPSA) is 20.2 Å². The van der Waals surface area contributed by atoms with Crippen LogP contribution in [0.4, 0.5) is 0 Å². The lowest BCUT2D eigenvalue weighted by molar-refractivity contribution is -0.0381. The van der Waals surface area contributed by atoms with E-state index in [2.05, 4.69) is 41.5 Å². The second-order valence-corrected chi connectivity index (χ2v) is 12.6. The van der Waals surface area contributed by atoms with E-state index in [1.807, 2.05) is 11.1 Å². The summed E-state index contributed by atoms with van der Waals surface area (Å²) in [6.07, 6.45) is 14.5. The fourth-order valence-corrected chi connectivity index (χ4v) is 8.48. The lowest BCUT2D eigenvalue weighted by Gasteiger charge is -2.56. The zero-order chi connectivity index (χ0) is 21.0. The summed E-state index contributed by atoms with van der Waals surface area (Å²) < 4.78 is 0. The molecule has 8 unspecified atom stereocenters. The van der Waals surface area contributed by atoms with Gasteiger partial charge in [0, 0.05) is 0 Å². The number of aliphatic hydroxyl groups is 1. The van der Waals surface area contributed by atoms with E-state index in [0.29, 0.717) is 10.8 Å². The average molecular weight is 401 g/mol. The quantitative estimate of drug-likeness (QED) is 0.467. The highest BCUT2D eigenvalue weighted by Gasteiger charge is 2.55. The standard InChI is InChI=1S/C28H48O/c1-18(2)19(3)7-8-20(4)24-11-12-25-23-10-9-21-17-22(29)13-15-27(21,5)26(23)14-16-28(24,25)6/h18-22,24,26,29H,7-17H2,1-6H3. The molecule has 0 aromatic heterocycles. The van der Waals surface area contributed by atoms with Gasteiger partial charge in [-0.25, -0.2) is 0 Å². The van der Waals surface area contributed by atoms with Gasteiger partial charge in [-0.3, -0.25) is 0 Å². The first-order valence-corrected chi connectivity index (χ1v) is 13.1. The number of aliphatic hydroxyl groups excluding tert-OH is 1. The van der Waals surface area contributed by atoms with Gasteiger partial charge in [0.25, 0.3) is 0 Å². The van der Waals surface area contributed by atoms with Crippen molar-refractivity contribution in [3.63, 3.8) is 0 Å². The predicted molar refractivity (Wildman–Crippen MR) is 124 cm³/mol. The van der Waals surface area contributed by atoms with Gasteiger partial charge in [-0.05, 0) is 104 Å². The van der Waals surface area contributed by atoms with E-state index in [-0.39, 0.29) is 6.10 Å². The van der Waals surface area contributed by atoms with Crippen molar-refractivity contribution >= 4 is 0 Å². The molecule has 0 aliphatic heterocycles. The maximum atomic E-state index is 10.3. The van der Waals surface area contributed by atoms with E-state index >= 15 is 0 Å². The molecule has 4 aliphatic rings. The zero-order valence-corrected chi connectivity index (χ0v) is 20.3. The fraction of sp³-hybridized carbons (Fsp3) is 0.929. The Kier molecular flexibility index (Phi) is 6.04. The number of fused-ring (bicyclic) bond motifs is 4. The molecule has 3 fully saturated rings. The number of hydrogen-bond acceptors (Lipinski definition) is 1. The van der Waals surface area contributed by atoms with Gasteiger partial charge < -0.3 is 5.11 Å². The first-order chi connectivity index (χ1) is 13.7. The summed E-state index contributed by atoms with van der Waals surface area (Å²) in [5.41, 5.74) is 4.80. The largest absolute Gasteiger partial charge is 0.393 e. The van der Waals surface area contributed by atoms with Crippen LogP contribution in [0.3, 0.4) is 0 Å². The van der Waals surface area contributed by atoms with Crippen LogP contribution in [0, 0.1) is 46.3 Å². The van der Waals surface area contributed by atoms with Crippen LogP contribution >= 0.6 is 0 Å². The third kappa shape index (κ3) is 3.66. The van der Waals surface area contributed by atoms with E-state index in [4.69, 9.17) is 0 Å². The van der Waals surface area contributed by atoms with Gasteiger partial charge in [-0.15, -0.1) is 0 Å². The summed E-state index contributed by atoms with van der Waals surface area (Å²) in [6, 6.07) is 0. The first-order valence-electron chi connectivity index (χ1n) is 13.1. The second-order valence-electron chi connectivity index (χ2n) is 12.6. The van der Waals surface area contributed by atoms with Crippen molar-refractivity contribution in [2.75, 3.05) is 0 Å². The molecule has 0 spiro atoms. The number of allylic oxidation sites excluding steroid dienone is 2. The summed E-state index contributed by atoms with van der Waals surface area (Å²) in [5.74, 6) is 5.04. The summed E-state index contributed by atoms with van der Waals surface area (Å²) in [7, 11) is 0. The van der Waals surface area contributed by atoms with Crippen LogP contribution in [-0.4, -0.2) is 11.2 Å². The molecular formula is C28H48O. The van der Waals surface area contributed by atoms with Crippen LogP contribution in [-0.2, 0) is 0 Å². The van der Waals surface area contributed by atoms with Gasteiger partial charge in [0.1, 0.15) is 0 Å². The molecule has 0 radical (unpaired) electrons. The fourth-order valence-electron chi connectivity index (χ4n) is 8.48. The maximum Gasteiger partial charge on any atom is 0.0543 e. The monoisotopic (exact) mass is 400 g/mol. The second kappa shape index (κ2) is 7.99. The molecule has 1 heteroatoms. The van der Waals surface area contributed by atoms with Crippen molar-refractivity contribution in [2.45, 2.75) is 118 Å². The molecule has 0 amide bonds. The Morgan fingerprint density at radius 1 is 0.931 bits per heavy atom. The number of rotatable bonds is 5. The molecule has 3 saturated carbocycles. The predicted octanol–water partition coefficient (Wildman–Crippen LogP) is 7.78. The normalized spacial score (nSPS) is 44.3. The molecule has 1 nitrogen and oxygen atoms in total. The van der Waals surface area contributed by atoms with E-state index in [1.54, 1.807) is 0 Å². The average Bonchev–Trinajstić information content (AvgIpc) is 3.03. The van der Waals surface area contributed by atoms with E-state index in [9.17, 15) is 5.11 Å². The Labute approximate surface area is 181 Å². The molecule has 0 aromatic carbocycles. The van der Waals surface area contributed by atoms with Crippen molar-refractivity contribution in [3.05, 3.63) is 11.1 Å². The number of hydrogen-bond donors (Lipinski definition) is 1. The minimum absolute atomic E-state index is 0.0268. The molecule has 4 aliphatic carbocycles. The zero-order valence-electron chi connectivity index (χ0n) is 20.3. The molecule has 29 heavy (non-hydrogen) atoms. The summed E-state index contributed by atoms with van der Waals surface area (Å²) in [4.78, 5) is 0. The lowest BCUT2D eigenvalue weighted by Crippen LogP contribution is -2.48. The lowest BCUT2D eigenvalue weighted by atomic mass is 9.49. The molecule has 8 atom stereocenters. The Morgan fingerprint density at radius 3 is 2.41 bits per heavy atom. The van der Waals surface area contributed by atoms with E-state index < -0.39 is 0 Å². The Bertz CT molecular complexity index is 632. The third-order valence-corrected chi connectivity index (χ3v) is 10.9. The van der Waals surface area contributed by atoms with Gasteiger partial charge in [0.2, 0.25) is 0 Å². The Hall–Kier alpha value is -0.300. The van der Waals surface area contributed by atoms with Gasteiger partial charge in [0.05, 0.1) is 6.10 Å². The molecule has 166 valence electrons. The summed E-state index contributed by atoms with van der Waals surface area (Å²) in [5, 5.41) is 10.3. The van der Waals surface area contributed by atoms with Crippen molar-refractivity contribution in [1.29, 1.82) is 0 Å². The molecule has 0 aromatic rings. The molecule has 1 N–H and O–H groups in total. The minimum Gasteiger partial charge on any atom is -0.393 e. The Balaban J connectivity index is 1.53. The maximum absolute atomic E-state index is 10.3. The van der Waals surface area contributed by atoms with Crippen molar-refractivity contribution < 1.29 is 5.11 Å². The van der Waals surface area contributed by atoms with Gasteiger partial charge in [-0.1, -0.05) is 65.5 Å². The van der Waals surface area contributed by atoms with Crippen LogP contribution < -0.4 is 0 Å². The van der Waals surface area contributed by atoms with Crippen LogP contribution in [0.15, 0.2) is 11.1 Å². The highest BCUT2D eigenvalue weighted by Crippen LogP contribution is 2.65. The van der Waals surface area contributed by atoms with Gasteiger partial charge >= 0.3 is 0 Å². The molecule has 0 saturated heterocycles. The summed E-state index contributed by atoms with van der Waals surface area (Å²) >= 11 is 0. The van der Waals surface area contributed by atoms with E-state index in [1.165, 1.54) is 57.8 Å². The summed E-state index contributed by atoms with van der Waals surface area (Å²) in [6.45, 7) is 15.0. The molecular weight excluding hydrogens is 352 g/mol. The van der Waals surface area contributed by atoms with Crippen molar-refractivity contribution in [2.24, 2.45) is 46.3 Å². The Morgan fingerprint density at radius 2 is 1.69 bits per heavy atom. The van der Waals surface area contributed by atoms with Crippen LogP contribution in [0.1, 0.15) is 112 Å². The van der Waals surface area contributed by atoms with Crippen molar-refractivity contribution in [3.8, 4) is 0 Å². The van der Waals surface area contributed by atoms with Crippen LogP contribution in [0.5, 0.6) is 0 Å². The van der Waals surface area contributed by atoms with Gasteiger partial charge in [-0.2, -0.15) is 0 Å². The molecule has 0 bridgehead atoms. The highest BCUT2D eigenvalue weighted by molar-refractivity contribution is 5.34. The van der Waals surface area contributed by atoms with Crippen LogP contribution in [0.25, 0.3) is 0 Å². The molecule has 4 rings (SSSR count). The highest BCUT2D eigenvalue weighted by atomic mass is 16.3. The molecule has 0 heterocycles. The SMILES string of the molecule is CC(C)C(C)CCC(C)C1CCC2=C3CCC4CC(O)CCC4(C)C3CCC21C. The van der Waals surface area contributed by atoms with Gasteiger partial charge in [0.15, 0.2) is 0 Å². The van der Waals surface area contributed by atoms with Crippen molar-refractivity contribution in [1.82, 2.24) is 0 Å². The first kappa shape index (κ1) is 21.9.